The fraction of sp³-hybridized carbons (Fsp3) is 0.333. The van der Waals surface area contributed by atoms with Gasteiger partial charge in [0.05, 0.1) is 17.0 Å². The van der Waals surface area contributed by atoms with Crippen molar-refractivity contribution in [1.29, 1.82) is 0 Å². The molecule has 0 spiro atoms. The molecule has 0 saturated carbocycles. The lowest BCUT2D eigenvalue weighted by Crippen LogP contribution is -2.34. The third-order valence-electron chi connectivity index (χ3n) is 4.27. The van der Waals surface area contributed by atoms with Crippen molar-refractivity contribution in [2.75, 3.05) is 31.6 Å². The predicted octanol–water partition coefficient (Wildman–Crippen LogP) is 3.28. The van der Waals surface area contributed by atoms with E-state index in [1.54, 1.807) is 38.4 Å². The number of sulfonamides is 1. The lowest BCUT2D eigenvalue weighted by Gasteiger charge is -2.25. The lowest BCUT2D eigenvalue weighted by atomic mass is 10.1. The first kappa shape index (κ1) is 23.9. The molecule has 0 unspecified atom stereocenters. The number of hydrogen-bond donors (Lipinski definition) is 0. The third kappa shape index (κ3) is 6.30. The molecule has 0 aliphatic carbocycles. The summed E-state index contributed by atoms with van der Waals surface area (Å²) in [6, 6.07) is 11.7. The van der Waals surface area contributed by atoms with Gasteiger partial charge in [0.2, 0.25) is 0 Å². The molecule has 0 radical (unpaired) electrons. The zero-order valence-corrected chi connectivity index (χ0v) is 19.8. The molecule has 0 aromatic heterocycles. The van der Waals surface area contributed by atoms with Gasteiger partial charge in [-0.25, -0.2) is 8.42 Å². The van der Waals surface area contributed by atoms with Crippen LogP contribution in [0.1, 0.15) is 17.5 Å². The Morgan fingerprint density at radius 2 is 1.57 bits per heavy atom. The highest BCUT2D eigenvalue weighted by atomic mass is 79.9. The van der Waals surface area contributed by atoms with Crippen LogP contribution >= 0.6 is 15.9 Å². The Bertz CT molecular complexity index is 1000. The van der Waals surface area contributed by atoms with E-state index in [4.69, 9.17) is 4.74 Å². The maximum Gasteiger partial charge on any atom is 0.308 e. The van der Waals surface area contributed by atoms with Crippen molar-refractivity contribution in [3.63, 3.8) is 0 Å². The van der Waals surface area contributed by atoms with E-state index in [9.17, 15) is 18.0 Å². The van der Waals surface area contributed by atoms with E-state index in [2.05, 4.69) is 15.9 Å². The Morgan fingerprint density at radius 3 is 2.10 bits per heavy atom. The van der Waals surface area contributed by atoms with E-state index >= 15 is 0 Å². The maximum absolute atomic E-state index is 13.3. The molecule has 0 aliphatic heterocycles. The van der Waals surface area contributed by atoms with Crippen LogP contribution in [0.5, 0.6) is 0 Å². The minimum atomic E-state index is -3.92. The number of amides is 1. The molecule has 30 heavy (non-hydrogen) atoms. The van der Waals surface area contributed by atoms with E-state index in [0.29, 0.717) is 5.69 Å². The second-order valence-corrected chi connectivity index (χ2v) is 9.85. The van der Waals surface area contributed by atoms with Crippen LogP contribution < -0.4 is 4.31 Å². The van der Waals surface area contributed by atoms with Crippen molar-refractivity contribution in [2.45, 2.75) is 25.2 Å². The first-order valence-electron chi connectivity index (χ1n) is 9.23. The molecule has 0 atom stereocenters. The van der Waals surface area contributed by atoms with Gasteiger partial charge in [0.1, 0.15) is 0 Å². The van der Waals surface area contributed by atoms with Gasteiger partial charge in [0, 0.05) is 25.1 Å². The van der Waals surface area contributed by atoms with Crippen molar-refractivity contribution in [1.82, 2.24) is 4.90 Å². The number of halogens is 1. The Hall–Kier alpha value is -2.39. The molecule has 2 rings (SSSR count). The van der Waals surface area contributed by atoms with Crippen molar-refractivity contribution in [3.8, 4) is 0 Å². The zero-order valence-electron chi connectivity index (χ0n) is 17.4. The molecule has 0 aliphatic rings. The first-order valence-corrected chi connectivity index (χ1v) is 11.5. The van der Waals surface area contributed by atoms with Crippen LogP contribution in [0.25, 0.3) is 0 Å². The number of hydrogen-bond acceptors (Lipinski definition) is 5. The topological polar surface area (TPSA) is 84.0 Å². The summed E-state index contributed by atoms with van der Waals surface area (Å²) in [6.45, 7) is 3.26. The summed E-state index contributed by atoms with van der Waals surface area (Å²) >= 11 is 3.30. The Morgan fingerprint density at radius 1 is 1.00 bits per heavy atom. The molecule has 162 valence electrons. The summed E-state index contributed by atoms with van der Waals surface area (Å²) in [7, 11) is -0.799. The maximum atomic E-state index is 13.3. The van der Waals surface area contributed by atoms with E-state index in [1.165, 1.54) is 21.3 Å². The minimum Gasteiger partial charge on any atom is -0.456 e. The minimum absolute atomic E-state index is 0.112. The molecule has 0 N–H and O–H groups in total. The van der Waals surface area contributed by atoms with Gasteiger partial charge < -0.3 is 9.64 Å². The standard InChI is InChI=1S/C21H25BrN2O5S/c1-15-11-16(2)13-18(12-15)24(10-9-21(26)29-14-20(25)23(3)4)30(27,28)19-7-5-17(22)6-8-19/h5-8,11-13H,9-10,14H2,1-4H3. The number of aryl methyl sites for hydroxylation is 2. The summed E-state index contributed by atoms with van der Waals surface area (Å²) in [5.74, 6) is -0.998. The highest BCUT2D eigenvalue weighted by Gasteiger charge is 2.26. The van der Waals surface area contributed by atoms with Gasteiger partial charge >= 0.3 is 5.97 Å². The van der Waals surface area contributed by atoms with Gasteiger partial charge in [-0.05, 0) is 61.4 Å². The van der Waals surface area contributed by atoms with Crippen LogP contribution in [0.15, 0.2) is 51.8 Å². The fourth-order valence-electron chi connectivity index (χ4n) is 2.75. The van der Waals surface area contributed by atoms with E-state index < -0.39 is 16.0 Å². The lowest BCUT2D eigenvalue weighted by molar-refractivity contribution is -0.150. The number of carbonyl (C=O) groups is 2. The summed E-state index contributed by atoms with van der Waals surface area (Å²) in [5, 5.41) is 0. The number of esters is 1. The molecule has 1 amide bonds. The SMILES string of the molecule is Cc1cc(C)cc(N(CCC(=O)OCC(=O)N(C)C)S(=O)(=O)c2ccc(Br)cc2)c1. The summed E-state index contributed by atoms with van der Waals surface area (Å²) < 4.78 is 33.6. The van der Waals surface area contributed by atoms with Crippen molar-refractivity contribution in [2.24, 2.45) is 0 Å². The van der Waals surface area contributed by atoms with Gasteiger partial charge in [0.15, 0.2) is 6.61 Å². The predicted molar refractivity (Wildman–Crippen MR) is 119 cm³/mol. The Kier molecular flexibility index (Phi) is 8.03. The molecule has 7 nitrogen and oxygen atoms in total. The summed E-state index contributed by atoms with van der Waals surface area (Å²) in [5.41, 5.74) is 2.27. The molecule has 0 heterocycles. The second-order valence-electron chi connectivity index (χ2n) is 7.08. The van der Waals surface area contributed by atoms with Gasteiger partial charge in [-0.2, -0.15) is 0 Å². The Balaban J connectivity index is 2.29. The highest BCUT2D eigenvalue weighted by molar-refractivity contribution is 9.10. The van der Waals surface area contributed by atoms with Crippen LogP contribution in [0.2, 0.25) is 0 Å². The van der Waals surface area contributed by atoms with Crippen LogP contribution in [0.4, 0.5) is 5.69 Å². The molecule has 0 saturated heterocycles. The smallest absolute Gasteiger partial charge is 0.308 e. The molecule has 2 aromatic carbocycles. The average molecular weight is 497 g/mol. The van der Waals surface area contributed by atoms with Crippen LogP contribution in [0.3, 0.4) is 0 Å². The summed E-state index contributed by atoms with van der Waals surface area (Å²) in [4.78, 5) is 25.1. The molecular formula is C21H25BrN2O5S. The third-order valence-corrected chi connectivity index (χ3v) is 6.64. The van der Waals surface area contributed by atoms with E-state index in [-0.39, 0.29) is 30.4 Å². The monoisotopic (exact) mass is 496 g/mol. The van der Waals surface area contributed by atoms with Crippen LogP contribution in [-0.4, -0.2) is 52.4 Å². The summed E-state index contributed by atoms with van der Waals surface area (Å²) in [6.07, 6.45) is -0.191. The first-order chi connectivity index (χ1) is 14.0. The van der Waals surface area contributed by atoms with Gasteiger partial charge in [-0.15, -0.1) is 0 Å². The van der Waals surface area contributed by atoms with E-state index in [0.717, 1.165) is 15.6 Å². The Labute approximate surface area is 185 Å². The highest BCUT2D eigenvalue weighted by Crippen LogP contribution is 2.27. The van der Waals surface area contributed by atoms with Gasteiger partial charge in [0.25, 0.3) is 15.9 Å². The number of carbonyl (C=O) groups excluding carboxylic acids is 2. The average Bonchev–Trinajstić information content (AvgIpc) is 2.65. The molecule has 2 aromatic rings. The van der Waals surface area contributed by atoms with Crippen LogP contribution in [-0.2, 0) is 24.3 Å². The van der Waals surface area contributed by atoms with Gasteiger partial charge in [-0.1, -0.05) is 22.0 Å². The number of rotatable bonds is 8. The molecule has 0 bridgehead atoms. The number of likely N-dealkylation sites (N-methyl/N-ethyl adjacent to an activating group) is 1. The number of ether oxygens (including phenoxy) is 1. The molecule has 0 fully saturated rings. The number of anilines is 1. The van der Waals surface area contributed by atoms with Crippen LogP contribution in [0, 0.1) is 13.8 Å². The number of nitrogens with zero attached hydrogens (tertiary/aromatic N) is 2. The second kappa shape index (κ2) is 10.1. The number of benzene rings is 2. The van der Waals surface area contributed by atoms with Gasteiger partial charge in [-0.3, -0.25) is 13.9 Å². The largest absolute Gasteiger partial charge is 0.456 e. The van der Waals surface area contributed by atoms with Crippen molar-refractivity contribution < 1.29 is 22.7 Å². The van der Waals surface area contributed by atoms with Crippen molar-refractivity contribution >= 4 is 43.5 Å². The fourth-order valence-corrected chi connectivity index (χ4v) is 4.47. The molecule has 9 heteroatoms. The zero-order chi connectivity index (χ0) is 22.5. The van der Waals surface area contributed by atoms with E-state index in [1.807, 2.05) is 19.9 Å². The normalized spacial score (nSPS) is 11.1. The van der Waals surface area contributed by atoms with Crippen molar-refractivity contribution in [3.05, 3.63) is 58.1 Å². The quantitative estimate of drug-likeness (QED) is 0.523. The molecular weight excluding hydrogens is 472 g/mol.